The number of carbonyl (C=O) groups is 2. The number of amides is 2. The maximum atomic E-state index is 11.6. The zero-order chi connectivity index (χ0) is 12.7. The number of rotatable bonds is 5. The Morgan fingerprint density at radius 1 is 1.35 bits per heavy atom. The van der Waals surface area contributed by atoms with Crippen LogP contribution in [0.15, 0.2) is 24.3 Å². The lowest BCUT2D eigenvalue weighted by atomic mass is 10.2. The van der Waals surface area contributed by atoms with Crippen LogP contribution >= 0.6 is 11.8 Å². The van der Waals surface area contributed by atoms with Gasteiger partial charge in [-0.2, -0.15) is 11.8 Å². The van der Waals surface area contributed by atoms with Crippen LogP contribution in [-0.4, -0.2) is 30.4 Å². The van der Waals surface area contributed by atoms with Gasteiger partial charge in [0.15, 0.2) is 0 Å². The molecule has 2 N–H and O–H groups in total. The van der Waals surface area contributed by atoms with Gasteiger partial charge >= 0.3 is 0 Å². The minimum Gasteiger partial charge on any atom is -0.352 e. The van der Waals surface area contributed by atoms with E-state index in [-0.39, 0.29) is 11.8 Å². The Labute approximate surface area is 105 Å². The van der Waals surface area contributed by atoms with E-state index < -0.39 is 0 Å². The van der Waals surface area contributed by atoms with Gasteiger partial charge in [-0.25, -0.2) is 0 Å². The molecule has 4 nitrogen and oxygen atoms in total. The first kappa shape index (κ1) is 13.6. The second kappa shape index (κ2) is 6.96. The van der Waals surface area contributed by atoms with E-state index in [2.05, 4.69) is 10.6 Å². The molecule has 2 amide bonds. The van der Waals surface area contributed by atoms with Gasteiger partial charge in [0.05, 0.1) is 5.75 Å². The van der Waals surface area contributed by atoms with Crippen molar-refractivity contribution in [3.8, 4) is 0 Å². The normalized spacial score (nSPS) is 9.76. The van der Waals surface area contributed by atoms with Crippen molar-refractivity contribution >= 4 is 29.3 Å². The van der Waals surface area contributed by atoms with Gasteiger partial charge in [-0.3, -0.25) is 9.59 Å². The first-order valence-electron chi connectivity index (χ1n) is 5.34. The third-order valence-electron chi connectivity index (χ3n) is 2.02. The van der Waals surface area contributed by atoms with Crippen molar-refractivity contribution in [2.75, 3.05) is 23.9 Å². The second-order valence-electron chi connectivity index (χ2n) is 3.42. The van der Waals surface area contributed by atoms with E-state index >= 15 is 0 Å². The number of benzene rings is 1. The van der Waals surface area contributed by atoms with Crippen molar-refractivity contribution in [1.29, 1.82) is 0 Å². The van der Waals surface area contributed by atoms with E-state index in [0.717, 1.165) is 0 Å². The summed E-state index contributed by atoms with van der Waals surface area (Å²) >= 11 is 1.46. The molecule has 1 aromatic carbocycles. The first-order valence-corrected chi connectivity index (χ1v) is 6.73. The highest BCUT2D eigenvalue weighted by Crippen LogP contribution is 2.11. The maximum Gasteiger partial charge on any atom is 0.251 e. The summed E-state index contributed by atoms with van der Waals surface area (Å²) in [5.41, 5.74) is 1.20. The molecule has 0 atom stereocenters. The monoisotopic (exact) mass is 252 g/mol. The van der Waals surface area contributed by atoms with Gasteiger partial charge in [0.25, 0.3) is 5.91 Å². The predicted molar refractivity (Wildman–Crippen MR) is 71.5 cm³/mol. The topological polar surface area (TPSA) is 58.2 Å². The third-order valence-corrected chi connectivity index (χ3v) is 2.57. The minimum absolute atomic E-state index is 0.0643. The van der Waals surface area contributed by atoms with Gasteiger partial charge in [-0.05, 0) is 31.4 Å². The molecule has 0 radical (unpaired) electrons. The number of nitrogens with one attached hydrogen (secondary N) is 2. The molecule has 0 aromatic heterocycles. The van der Waals surface area contributed by atoms with E-state index in [0.29, 0.717) is 23.5 Å². The lowest BCUT2D eigenvalue weighted by Crippen LogP contribution is -2.23. The molecule has 0 spiro atoms. The van der Waals surface area contributed by atoms with Crippen molar-refractivity contribution < 1.29 is 9.59 Å². The van der Waals surface area contributed by atoms with Gasteiger partial charge in [0.2, 0.25) is 5.91 Å². The van der Waals surface area contributed by atoms with Crippen molar-refractivity contribution in [3.63, 3.8) is 0 Å². The third kappa shape index (κ3) is 4.48. The molecule has 0 saturated heterocycles. The van der Waals surface area contributed by atoms with Crippen LogP contribution in [0.4, 0.5) is 5.69 Å². The van der Waals surface area contributed by atoms with Crippen molar-refractivity contribution in [2.45, 2.75) is 6.92 Å². The van der Waals surface area contributed by atoms with Crippen LogP contribution in [0.3, 0.4) is 0 Å². The average molecular weight is 252 g/mol. The highest BCUT2D eigenvalue weighted by molar-refractivity contribution is 7.99. The molecule has 17 heavy (non-hydrogen) atoms. The molecule has 1 aromatic rings. The molecule has 0 aliphatic carbocycles. The number of hydrogen-bond donors (Lipinski definition) is 2. The molecule has 92 valence electrons. The minimum atomic E-state index is -0.131. The Morgan fingerprint density at radius 2 is 2.12 bits per heavy atom. The highest BCUT2D eigenvalue weighted by atomic mass is 32.2. The molecular weight excluding hydrogens is 236 g/mol. The Balaban J connectivity index is 2.72. The molecule has 0 aliphatic heterocycles. The Morgan fingerprint density at radius 3 is 2.76 bits per heavy atom. The second-order valence-corrected chi connectivity index (χ2v) is 4.29. The van der Waals surface area contributed by atoms with Crippen LogP contribution < -0.4 is 10.6 Å². The Kier molecular flexibility index (Phi) is 5.56. The van der Waals surface area contributed by atoms with E-state index in [4.69, 9.17) is 0 Å². The fourth-order valence-corrected chi connectivity index (χ4v) is 1.66. The SMILES string of the molecule is CCNC(=O)c1cccc(NC(=O)CSC)c1. The lowest BCUT2D eigenvalue weighted by molar-refractivity contribution is -0.113. The fourth-order valence-electron chi connectivity index (χ4n) is 1.33. The molecule has 0 heterocycles. The van der Waals surface area contributed by atoms with E-state index in [1.54, 1.807) is 24.3 Å². The fraction of sp³-hybridized carbons (Fsp3) is 0.333. The summed E-state index contributed by atoms with van der Waals surface area (Å²) in [6, 6.07) is 6.90. The predicted octanol–water partition coefficient (Wildman–Crippen LogP) is 1.74. The molecule has 1 rings (SSSR count). The zero-order valence-corrected chi connectivity index (χ0v) is 10.8. The summed E-state index contributed by atoms with van der Waals surface area (Å²) in [7, 11) is 0. The quantitative estimate of drug-likeness (QED) is 0.839. The number of carbonyl (C=O) groups excluding carboxylic acids is 2. The molecule has 0 fully saturated rings. The van der Waals surface area contributed by atoms with Crippen molar-refractivity contribution in [2.24, 2.45) is 0 Å². The van der Waals surface area contributed by atoms with E-state index in [1.165, 1.54) is 11.8 Å². The van der Waals surface area contributed by atoms with Gasteiger partial charge < -0.3 is 10.6 Å². The molecule has 5 heteroatoms. The number of hydrogen-bond acceptors (Lipinski definition) is 3. The standard InChI is InChI=1S/C12H16N2O2S/c1-3-13-12(16)9-5-4-6-10(7-9)14-11(15)8-17-2/h4-7H,3,8H2,1-2H3,(H,13,16)(H,14,15). The number of anilines is 1. The highest BCUT2D eigenvalue weighted by Gasteiger charge is 2.06. The lowest BCUT2D eigenvalue weighted by Gasteiger charge is -2.06. The summed E-state index contributed by atoms with van der Waals surface area (Å²) in [5, 5.41) is 5.45. The molecule has 0 unspecified atom stereocenters. The summed E-state index contributed by atoms with van der Waals surface area (Å²) < 4.78 is 0. The van der Waals surface area contributed by atoms with Gasteiger partial charge in [0, 0.05) is 17.8 Å². The first-order chi connectivity index (χ1) is 8.17. The number of thioether (sulfide) groups is 1. The molecule has 0 bridgehead atoms. The summed E-state index contributed by atoms with van der Waals surface area (Å²) in [4.78, 5) is 23.0. The smallest absolute Gasteiger partial charge is 0.251 e. The van der Waals surface area contributed by atoms with Crippen molar-refractivity contribution in [3.05, 3.63) is 29.8 Å². The molecule has 0 aliphatic rings. The average Bonchev–Trinajstić information content (AvgIpc) is 2.30. The van der Waals surface area contributed by atoms with Gasteiger partial charge in [-0.15, -0.1) is 0 Å². The van der Waals surface area contributed by atoms with Crippen LogP contribution in [-0.2, 0) is 4.79 Å². The molecule has 0 saturated carbocycles. The van der Waals surface area contributed by atoms with Crippen LogP contribution in [0.2, 0.25) is 0 Å². The van der Waals surface area contributed by atoms with Crippen LogP contribution in [0.25, 0.3) is 0 Å². The Hall–Kier alpha value is -1.49. The van der Waals surface area contributed by atoms with Crippen LogP contribution in [0, 0.1) is 0 Å². The van der Waals surface area contributed by atoms with Crippen LogP contribution in [0.5, 0.6) is 0 Å². The van der Waals surface area contributed by atoms with Crippen molar-refractivity contribution in [1.82, 2.24) is 5.32 Å². The van der Waals surface area contributed by atoms with E-state index in [1.807, 2.05) is 13.2 Å². The summed E-state index contributed by atoms with van der Waals surface area (Å²) in [6.07, 6.45) is 1.87. The summed E-state index contributed by atoms with van der Waals surface area (Å²) in [5.74, 6) is 0.213. The Bertz CT molecular complexity index is 407. The van der Waals surface area contributed by atoms with Crippen LogP contribution in [0.1, 0.15) is 17.3 Å². The van der Waals surface area contributed by atoms with Gasteiger partial charge in [-0.1, -0.05) is 6.07 Å². The zero-order valence-electron chi connectivity index (χ0n) is 9.95. The van der Waals surface area contributed by atoms with E-state index in [9.17, 15) is 9.59 Å². The molecular formula is C12H16N2O2S. The summed E-state index contributed by atoms with van der Waals surface area (Å²) in [6.45, 7) is 2.45. The maximum absolute atomic E-state index is 11.6. The largest absolute Gasteiger partial charge is 0.352 e. The van der Waals surface area contributed by atoms with Gasteiger partial charge in [0.1, 0.15) is 0 Å².